The largest absolute Gasteiger partial charge is 0.465 e. The molecule has 0 radical (unpaired) electrons. The van der Waals surface area contributed by atoms with Gasteiger partial charge in [0.05, 0.1) is 18.6 Å². The number of hydrogen-bond acceptors (Lipinski definition) is 7. The van der Waals surface area contributed by atoms with Crippen molar-refractivity contribution >= 4 is 50.6 Å². The lowest BCUT2D eigenvalue weighted by atomic mass is 10.2. The second-order valence-electron chi connectivity index (χ2n) is 5.28. The van der Waals surface area contributed by atoms with Crippen LogP contribution in [0.5, 0.6) is 0 Å². The quantitative estimate of drug-likeness (QED) is 0.452. The number of hydrogen-bond donors (Lipinski definition) is 1. The van der Waals surface area contributed by atoms with Gasteiger partial charge in [0.25, 0.3) is 0 Å². The van der Waals surface area contributed by atoms with E-state index in [1.807, 2.05) is 0 Å². The van der Waals surface area contributed by atoms with E-state index in [-0.39, 0.29) is 15.5 Å². The van der Waals surface area contributed by atoms with Crippen LogP contribution < -0.4 is 5.43 Å². The first kappa shape index (κ1) is 19.4. The molecular formula is C16H17ClN2O4S2. The Kier molecular flexibility index (Phi) is 6.21. The van der Waals surface area contributed by atoms with Gasteiger partial charge in [0.15, 0.2) is 9.84 Å². The van der Waals surface area contributed by atoms with Crippen molar-refractivity contribution in [3.8, 4) is 0 Å². The van der Waals surface area contributed by atoms with Gasteiger partial charge in [0, 0.05) is 16.0 Å². The molecule has 0 atom stereocenters. The molecule has 1 aromatic heterocycles. The Morgan fingerprint density at radius 2 is 2.04 bits per heavy atom. The van der Waals surface area contributed by atoms with Gasteiger partial charge < -0.3 is 4.74 Å². The molecule has 134 valence electrons. The SMILES string of the molecule is COC(=O)c1scc(S(=O)(=O)C(C)C)c1N/N=C\c1ccccc1Cl. The number of esters is 1. The third-order valence-corrected chi connectivity index (χ3v) is 6.97. The number of thiophene rings is 1. The van der Waals surface area contributed by atoms with Gasteiger partial charge in [0.2, 0.25) is 0 Å². The van der Waals surface area contributed by atoms with Crippen LogP contribution in [0.2, 0.25) is 5.02 Å². The molecule has 0 saturated carbocycles. The van der Waals surface area contributed by atoms with E-state index in [0.717, 1.165) is 11.3 Å². The van der Waals surface area contributed by atoms with Crippen molar-refractivity contribution in [2.45, 2.75) is 24.0 Å². The van der Waals surface area contributed by atoms with Gasteiger partial charge in [-0.1, -0.05) is 29.8 Å². The van der Waals surface area contributed by atoms with Crippen LogP contribution in [0.3, 0.4) is 0 Å². The van der Waals surface area contributed by atoms with Gasteiger partial charge in [-0.05, 0) is 19.9 Å². The summed E-state index contributed by atoms with van der Waals surface area (Å²) in [5, 5.41) is 5.31. The zero-order chi connectivity index (χ0) is 18.6. The number of nitrogens with one attached hydrogen (secondary N) is 1. The van der Waals surface area contributed by atoms with Crippen molar-refractivity contribution in [2.75, 3.05) is 12.5 Å². The Morgan fingerprint density at radius 3 is 2.64 bits per heavy atom. The first-order valence-electron chi connectivity index (χ1n) is 7.26. The van der Waals surface area contributed by atoms with Gasteiger partial charge in [0.1, 0.15) is 15.5 Å². The standard InChI is InChI=1S/C16H17ClN2O4S2/c1-10(2)25(21,22)13-9-24-15(16(20)23-3)14(13)19-18-8-11-6-4-5-7-12(11)17/h4-10,19H,1-3H3/b18-8-. The number of halogens is 1. The smallest absolute Gasteiger partial charge is 0.350 e. The number of carbonyl (C=O) groups is 1. The topological polar surface area (TPSA) is 84.8 Å². The van der Waals surface area contributed by atoms with Gasteiger partial charge in [-0.15, -0.1) is 11.3 Å². The summed E-state index contributed by atoms with van der Waals surface area (Å²) in [7, 11) is -2.36. The number of carbonyl (C=O) groups excluding carboxylic acids is 1. The Labute approximate surface area is 155 Å². The molecule has 0 amide bonds. The summed E-state index contributed by atoms with van der Waals surface area (Å²) in [6.45, 7) is 3.14. The molecule has 1 aromatic carbocycles. The molecule has 0 bridgehead atoms. The summed E-state index contributed by atoms with van der Waals surface area (Å²) in [5.74, 6) is -0.634. The van der Waals surface area contributed by atoms with Crippen LogP contribution in [-0.4, -0.2) is 33.0 Å². The third-order valence-electron chi connectivity index (χ3n) is 3.34. The fraction of sp³-hybridized carbons (Fsp3) is 0.250. The zero-order valence-electron chi connectivity index (χ0n) is 13.8. The molecule has 0 aliphatic rings. The van der Waals surface area contributed by atoms with E-state index in [9.17, 15) is 13.2 Å². The number of benzene rings is 1. The molecule has 1 heterocycles. The zero-order valence-corrected chi connectivity index (χ0v) is 16.2. The van der Waals surface area contributed by atoms with Crippen LogP contribution >= 0.6 is 22.9 Å². The number of rotatable bonds is 6. The van der Waals surface area contributed by atoms with Crippen LogP contribution in [0.25, 0.3) is 0 Å². The summed E-state index contributed by atoms with van der Waals surface area (Å²) >= 11 is 7.03. The van der Waals surface area contributed by atoms with Crippen molar-refractivity contribution in [1.82, 2.24) is 0 Å². The van der Waals surface area contributed by atoms with Crippen molar-refractivity contribution in [3.63, 3.8) is 0 Å². The maximum atomic E-state index is 12.5. The number of sulfone groups is 1. The highest BCUT2D eigenvalue weighted by Crippen LogP contribution is 2.34. The van der Waals surface area contributed by atoms with Gasteiger partial charge in [-0.2, -0.15) is 5.10 Å². The first-order valence-corrected chi connectivity index (χ1v) is 10.1. The molecule has 1 N–H and O–H groups in total. The molecule has 2 aromatic rings. The summed E-state index contributed by atoms with van der Waals surface area (Å²) in [4.78, 5) is 12.1. The lowest BCUT2D eigenvalue weighted by Crippen LogP contribution is -2.15. The predicted octanol–water partition coefficient (Wildman–Crippen LogP) is 3.82. The number of anilines is 1. The molecule has 0 aliphatic heterocycles. The van der Waals surface area contributed by atoms with Crippen LogP contribution in [0, 0.1) is 0 Å². The van der Waals surface area contributed by atoms with Crippen LogP contribution in [-0.2, 0) is 14.6 Å². The predicted molar refractivity (Wildman–Crippen MR) is 101 cm³/mol. The molecule has 6 nitrogen and oxygen atoms in total. The number of methoxy groups -OCH3 is 1. The van der Waals surface area contributed by atoms with E-state index < -0.39 is 21.1 Å². The number of ether oxygens (including phenoxy) is 1. The lowest BCUT2D eigenvalue weighted by Gasteiger charge is -2.09. The van der Waals surface area contributed by atoms with E-state index in [1.54, 1.807) is 38.1 Å². The Bertz CT molecular complexity index is 905. The molecular weight excluding hydrogens is 384 g/mol. The Balaban J connectivity index is 2.42. The second-order valence-corrected chi connectivity index (χ2v) is 9.04. The fourth-order valence-corrected chi connectivity index (χ4v) is 4.57. The van der Waals surface area contributed by atoms with Crippen molar-refractivity contribution in [2.24, 2.45) is 5.10 Å². The van der Waals surface area contributed by atoms with Crippen LogP contribution in [0.1, 0.15) is 29.1 Å². The average Bonchev–Trinajstić information content (AvgIpc) is 3.00. The Morgan fingerprint density at radius 1 is 1.36 bits per heavy atom. The minimum atomic E-state index is -3.59. The third kappa shape index (κ3) is 4.20. The van der Waals surface area contributed by atoms with Gasteiger partial charge in [-0.25, -0.2) is 13.2 Å². The maximum absolute atomic E-state index is 12.5. The van der Waals surface area contributed by atoms with Gasteiger partial charge in [-0.3, -0.25) is 5.43 Å². The molecule has 0 fully saturated rings. The minimum Gasteiger partial charge on any atom is -0.465 e. The summed E-state index contributed by atoms with van der Waals surface area (Å²) < 4.78 is 29.7. The van der Waals surface area contributed by atoms with Crippen molar-refractivity contribution in [3.05, 3.63) is 45.1 Å². The number of hydrazone groups is 1. The van der Waals surface area contributed by atoms with E-state index >= 15 is 0 Å². The molecule has 2 rings (SSSR count). The lowest BCUT2D eigenvalue weighted by molar-refractivity contribution is 0.0607. The molecule has 9 heteroatoms. The van der Waals surface area contributed by atoms with Crippen LogP contribution in [0.4, 0.5) is 5.69 Å². The van der Waals surface area contributed by atoms with Crippen molar-refractivity contribution < 1.29 is 17.9 Å². The van der Waals surface area contributed by atoms with E-state index in [0.29, 0.717) is 10.6 Å². The number of nitrogens with zero attached hydrogens (tertiary/aromatic N) is 1. The summed E-state index contributed by atoms with van der Waals surface area (Å²) in [6, 6.07) is 7.05. The average molecular weight is 401 g/mol. The van der Waals surface area contributed by atoms with E-state index in [1.165, 1.54) is 18.7 Å². The minimum absolute atomic E-state index is 0.0178. The highest BCUT2D eigenvalue weighted by Gasteiger charge is 2.29. The molecule has 0 aliphatic carbocycles. The highest BCUT2D eigenvalue weighted by atomic mass is 35.5. The maximum Gasteiger partial charge on any atom is 0.350 e. The highest BCUT2D eigenvalue weighted by molar-refractivity contribution is 7.92. The second kappa shape index (κ2) is 7.99. The first-order chi connectivity index (χ1) is 11.8. The fourth-order valence-electron chi connectivity index (χ4n) is 1.90. The van der Waals surface area contributed by atoms with Crippen LogP contribution in [0.15, 0.2) is 39.6 Å². The molecule has 0 spiro atoms. The van der Waals surface area contributed by atoms with E-state index in [2.05, 4.69) is 10.5 Å². The summed E-state index contributed by atoms with van der Waals surface area (Å²) in [6.07, 6.45) is 1.45. The molecule has 0 saturated heterocycles. The molecule has 25 heavy (non-hydrogen) atoms. The van der Waals surface area contributed by atoms with Crippen molar-refractivity contribution in [1.29, 1.82) is 0 Å². The molecule has 0 unspecified atom stereocenters. The van der Waals surface area contributed by atoms with E-state index in [4.69, 9.17) is 16.3 Å². The van der Waals surface area contributed by atoms with Gasteiger partial charge >= 0.3 is 5.97 Å². The Hall–Kier alpha value is -1.90. The monoisotopic (exact) mass is 400 g/mol. The normalized spacial score (nSPS) is 11.9. The summed E-state index contributed by atoms with van der Waals surface area (Å²) in [5.41, 5.74) is 3.41.